The summed E-state index contributed by atoms with van der Waals surface area (Å²) in [7, 11) is -3.23. The number of rotatable bonds is 7. The molecule has 170 valence electrons. The number of ether oxygens (including phenoxy) is 1. The van der Waals surface area contributed by atoms with Gasteiger partial charge in [0.1, 0.15) is 0 Å². The Morgan fingerprint density at radius 2 is 1.97 bits per heavy atom. The van der Waals surface area contributed by atoms with Crippen molar-refractivity contribution >= 4 is 15.8 Å². The Morgan fingerprint density at radius 1 is 1.23 bits per heavy atom. The largest absolute Gasteiger partial charge is 0.478 e. The van der Waals surface area contributed by atoms with Gasteiger partial charge in [-0.1, -0.05) is 20.8 Å². The Morgan fingerprint density at radius 3 is 2.55 bits per heavy atom. The molecule has 0 radical (unpaired) electrons. The minimum absolute atomic E-state index is 0.127. The molecule has 0 N–H and O–H groups in total. The molecule has 8 nitrogen and oxygen atoms in total. The quantitative estimate of drug-likeness (QED) is 0.635. The van der Waals surface area contributed by atoms with Crippen molar-refractivity contribution in [2.75, 3.05) is 30.9 Å². The molecule has 1 aliphatic carbocycles. The van der Waals surface area contributed by atoms with Crippen LogP contribution in [0.1, 0.15) is 52.3 Å². The second-order valence-corrected chi connectivity index (χ2v) is 11.9. The van der Waals surface area contributed by atoms with E-state index in [1.54, 1.807) is 12.1 Å². The zero-order valence-corrected chi connectivity index (χ0v) is 19.6. The summed E-state index contributed by atoms with van der Waals surface area (Å²) in [5.41, 5.74) is -0.127. The maximum Gasteiger partial charge on any atom is 0.266 e. The van der Waals surface area contributed by atoms with Gasteiger partial charge in [-0.05, 0) is 54.7 Å². The third-order valence-electron chi connectivity index (χ3n) is 6.34. The summed E-state index contributed by atoms with van der Waals surface area (Å²) in [6.45, 7) is 8.80. The standard InChI is InChI=1S/C22H32N4O4S/c1-22(2,3)20-24-21(25-30-20)26-10-7-15(8-11-26)18-13-16(18)9-12-29-19-6-5-17(14-23-19)31(4,27)28/h5-6,14-16,18H,7-13H2,1-4H3. The summed E-state index contributed by atoms with van der Waals surface area (Å²) >= 11 is 0. The highest BCUT2D eigenvalue weighted by Crippen LogP contribution is 2.49. The molecule has 0 bridgehead atoms. The van der Waals surface area contributed by atoms with E-state index in [0.29, 0.717) is 24.3 Å². The molecule has 0 aromatic carbocycles. The van der Waals surface area contributed by atoms with E-state index in [1.807, 2.05) is 0 Å². The minimum Gasteiger partial charge on any atom is -0.478 e. The van der Waals surface area contributed by atoms with Gasteiger partial charge in [-0.3, -0.25) is 0 Å². The number of nitrogens with zero attached hydrogens (tertiary/aromatic N) is 4. The second kappa shape index (κ2) is 8.41. The highest BCUT2D eigenvalue weighted by atomic mass is 32.2. The maximum absolute atomic E-state index is 11.5. The van der Waals surface area contributed by atoms with Crippen molar-refractivity contribution in [1.82, 2.24) is 15.1 Å². The lowest BCUT2D eigenvalue weighted by Crippen LogP contribution is -2.35. The lowest BCUT2D eigenvalue weighted by Gasteiger charge is -2.31. The van der Waals surface area contributed by atoms with E-state index < -0.39 is 9.84 Å². The fraction of sp³-hybridized carbons (Fsp3) is 0.682. The molecule has 2 aromatic rings. The summed E-state index contributed by atoms with van der Waals surface area (Å²) in [6, 6.07) is 3.17. The van der Waals surface area contributed by atoms with E-state index in [0.717, 1.165) is 50.1 Å². The van der Waals surface area contributed by atoms with Crippen molar-refractivity contribution < 1.29 is 17.7 Å². The summed E-state index contributed by atoms with van der Waals surface area (Å²) in [5, 5.41) is 4.18. The van der Waals surface area contributed by atoms with E-state index in [9.17, 15) is 8.42 Å². The molecular weight excluding hydrogens is 416 g/mol. The first-order chi connectivity index (χ1) is 14.6. The van der Waals surface area contributed by atoms with E-state index >= 15 is 0 Å². The van der Waals surface area contributed by atoms with Gasteiger partial charge in [0, 0.05) is 37.0 Å². The van der Waals surface area contributed by atoms with Crippen LogP contribution in [0.2, 0.25) is 0 Å². The van der Waals surface area contributed by atoms with Gasteiger partial charge >= 0.3 is 0 Å². The van der Waals surface area contributed by atoms with Gasteiger partial charge in [0.25, 0.3) is 5.95 Å². The molecule has 2 aliphatic rings. The van der Waals surface area contributed by atoms with E-state index in [2.05, 4.69) is 40.8 Å². The molecule has 2 unspecified atom stereocenters. The first-order valence-corrected chi connectivity index (χ1v) is 12.9. The second-order valence-electron chi connectivity index (χ2n) is 9.88. The van der Waals surface area contributed by atoms with Gasteiger partial charge in [-0.15, -0.1) is 0 Å². The van der Waals surface area contributed by atoms with Crippen LogP contribution in [0.15, 0.2) is 27.7 Å². The zero-order valence-electron chi connectivity index (χ0n) is 18.7. The molecule has 1 saturated carbocycles. The predicted molar refractivity (Wildman–Crippen MR) is 117 cm³/mol. The fourth-order valence-corrected chi connectivity index (χ4v) is 4.90. The lowest BCUT2D eigenvalue weighted by molar-refractivity contribution is 0.275. The maximum atomic E-state index is 11.5. The minimum atomic E-state index is -3.23. The zero-order chi connectivity index (χ0) is 22.2. The molecule has 4 rings (SSSR count). The van der Waals surface area contributed by atoms with Gasteiger partial charge in [-0.2, -0.15) is 4.98 Å². The van der Waals surface area contributed by atoms with Crippen molar-refractivity contribution in [3.8, 4) is 5.88 Å². The van der Waals surface area contributed by atoms with E-state index in [1.165, 1.54) is 18.9 Å². The van der Waals surface area contributed by atoms with E-state index in [-0.39, 0.29) is 10.3 Å². The van der Waals surface area contributed by atoms with Crippen LogP contribution in [0.5, 0.6) is 5.88 Å². The van der Waals surface area contributed by atoms with Crippen LogP contribution in [-0.4, -0.2) is 49.5 Å². The molecular formula is C22H32N4O4S. The number of sulfone groups is 1. The third-order valence-corrected chi connectivity index (χ3v) is 7.44. The molecule has 1 saturated heterocycles. The van der Waals surface area contributed by atoms with Crippen LogP contribution < -0.4 is 9.64 Å². The average molecular weight is 449 g/mol. The van der Waals surface area contributed by atoms with E-state index in [4.69, 9.17) is 9.26 Å². The first-order valence-electron chi connectivity index (χ1n) is 11.0. The summed E-state index contributed by atoms with van der Waals surface area (Å²) in [4.78, 5) is 11.1. The third kappa shape index (κ3) is 5.37. The van der Waals surface area contributed by atoms with Gasteiger partial charge in [-0.25, -0.2) is 13.4 Å². The van der Waals surface area contributed by atoms with Crippen molar-refractivity contribution in [2.45, 2.75) is 56.8 Å². The Balaban J connectivity index is 1.18. The summed E-state index contributed by atoms with van der Waals surface area (Å²) < 4.78 is 34.1. The van der Waals surface area contributed by atoms with Gasteiger partial charge in [0.15, 0.2) is 9.84 Å². The number of hydrogen-bond donors (Lipinski definition) is 0. The van der Waals surface area contributed by atoms with Crippen LogP contribution in [0.4, 0.5) is 5.95 Å². The number of pyridine rings is 1. The van der Waals surface area contributed by atoms with Crippen LogP contribution in [-0.2, 0) is 15.3 Å². The Hall–Kier alpha value is -2.16. The molecule has 0 spiro atoms. The molecule has 2 aromatic heterocycles. The number of piperidine rings is 1. The van der Waals surface area contributed by atoms with Gasteiger partial charge in [0.05, 0.1) is 11.5 Å². The molecule has 3 heterocycles. The molecule has 0 amide bonds. The first kappa shape index (κ1) is 22.0. The van der Waals surface area contributed by atoms with Gasteiger partial charge < -0.3 is 14.2 Å². The monoisotopic (exact) mass is 448 g/mol. The number of anilines is 1. The smallest absolute Gasteiger partial charge is 0.266 e. The topological polar surface area (TPSA) is 98.4 Å². The lowest BCUT2D eigenvalue weighted by atomic mass is 9.90. The highest BCUT2D eigenvalue weighted by molar-refractivity contribution is 7.90. The molecule has 2 atom stereocenters. The van der Waals surface area contributed by atoms with Crippen LogP contribution in [0.25, 0.3) is 0 Å². The van der Waals surface area contributed by atoms with Crippen LogP contribution >= 0.6 is 0 Å². The van der Waals surface area contributed by atoms with Gasteiger partial charge in [0.2, 0.25) is 11.8 Å². The summed E-state index contributed by atoms with van der Waals surface area (Å²) in [5.74, 6) is 4.13. The highest BCUT2D eigenvalue weighted by Gasteiger charge is 2.43. The van der Waals surface area contributed by atoms with Crippen molar-refractivity contribution in [3.63, 3.8) is 0 Å². The van der Waals surface area contributed by atoms with Crippen molar-refractivity contribution in [1.29, 1.82) is 0 Å². The Kier molecular flexibility index (Phi) is 5.98. The van der Waals surface area contributed by atoms with Crippen molar-refractivity contribution in [3.05, 3.63) is 24.2 Å². The molecule has 9 heteroatoms. The summed E-state index contributed by atoms with van der Waals surface area (Å²) in [6.07, 6.45) is 7.14. The average Bonchev–Trinajstić information content (AvgIpc) is 3.29. The molecule has 31 heavy (non-hydrogen) atoms. The van der Waals surface area contributed by atoms with Crippen LogP contribution in [0.3, 0.4) is 0 Å². The molecule has 1 aliphatic heterocycles. The number of aromatic nitrogens is 3. The molecule has 2 fully saturated rings. The van der Waals surface area contributed by atoms with Crippen molar-refractivity contribution in [2.24, 2.45) is 17.8 Å². The van der Waals surface area contributed by atoms with Crippen LogP contribution in [0, 0.1) is 17.8 Å². The number of hydrogen-bond acceptors (Lipinski definition) is 8. The SMILES string of the molecule is CC(C)(C)c1nc(N2CCC(C3CC3CCOc3ccc(S(C)(=O)=O)cn3)CC2)no1. The normalized spacial score (nSPS) is 22.5. The Bertz CT molecular complexity index is 989. The Labute approximate surface area is 184 Å². The fourth-order valence-electron chi connectivity index (χ4n) is 4.34. The predicted octanol–water partition coefficient (Wildman–Crippen LogP) is 3.49.